The second kappa shape index (κ2) is 7.92. The van der Waals surface area contributed by atoms with Gasteiger partial charge in [-0.05, 0) is 30.5 Å². The van der Waals surface area contributed by atoms with Gasteiger partial charge < -0.3 is 10.6 Å². The molecule has 2 fully saturated rings. The summed E-state index contributed by atoms with van der Waals surface area (Å²) in [5, 5.41) is 5.96. The molecule has 1 atom stereocenters. The standard InChI is InChI=1S/C20H27F2N3O2/c1-13(2)18(26)23-17-11-25(10-14-7-15(21)9-16(22)8-14)12-20(24-19(17)27)5-3-4-6-20/h7-9,13,17H,3-6,10-12H2,1-2H3,(H,23,26)(H,24,27). The zero-order valence-corrected chi connectivity index (χ0v) is 15.9. The van der Waals surface area contributed by atoms with Gasteiger partial charge in [-0.15, -0.1) is 0 Å². The van der Waals surface area contributed by atoms with Crippen LogP contribution in [0, 0.1) is 17.6 Å². The number of hydrogen-bond donors (Lipinski definition) is 2. The van der Waals surface area contributed by atoms with Crippen molar-refractivity contribution in [2.45, 2.75) is 57.7 Å². The van der Waals surface area contributed by atoms with Crippen molar-refractivity contribution in [3.05, 3.63) is 35.4 Å². The van der Waals surface area contributed by atoms with Crippen LogP contribution in [0.1, 0.15) is 45.1 Å². The second-order valence-corrected chi connectivity index (χ2v) is 8.14. The zero-order valence-electron chi connectivity index (χ0n) is 15.9. The van der Waals surface area contributed by atoms with E-state index in [1.165, 1.54) is 12.1 Å². The molecule has 0 aromatic heterocycles. The fourth-order valence-corrected chi connectivity index (χ4v) is 4.09. The van der Waals surface area contributed by atoms with E-state index in [1.54, 1.807) is 13.8 Å². The Morgan fingerprint density at radius 2 is 1.89 bits per heavy atom. The summed E-state index contributed by atoms with van der Waals surface area (Å²) in [6, 6.07) is 2.79. The molecule has 1 heterocycles. The Hall–Kier alpha value is -2.02. The van der Waals surface area contributed by atoms with Gasteiger partial charge in [0.25, 0.3) is 0 Å². The fraction of sp³-hybridized carbons (Fsp3) is 0.600. The highest BCUT2D eigenvalue weighted by atomic mass is 19.1. The van der Waals surface area contributed by atoms with Gasteiger partial charge in [-0.1, -0.05) is 26.7 Å². The van der Waals surface area contributed by atoms with Gasteiger partial charge in [-0.25, -0.2) is 8.78 Å². The van der Waals surface area contributed by atoms with Crippen LogP contribution in [0.3, 0.4) is 0 Å². The van der Waals surface area contributed by atoms with Gasteiger partial charge in [0, 0.05) is 31.6 Å². The Labute approximate surface area is 158 Å². The van der Waals surface area contributed by atoms with E-state index < -0.39 is 17.7 Å². The van der Waals surface area contributed by atoms with Crippen LogP contribution in [-0.2, 0) is 16.1 Å². The molecule has 5 nitrogen and oxygen atoms in total. The molecule has 148 valence electrons. The first kappa shape index (κ1) is 19.7. The Balaban J connectivity index is 1.82. The Bertz CT molecular complexity index is 697. The predicted molar refractivity (Wildman–Crippen MR) is 97.7 cm³/mol. The lowest BCUT2D eigenvalue weighted by molar-refractivity contribution is -0.131. The number of benzene rings is 1. The summed E-state index contributed by atoms with van der Waals surface area (Å²) in [7, 11) is 0. The van der Waals surface area contributed by atoms with E-state index in [1.807, 2.05) is 4.90 Å². The molecule has 1 aliphatic carbocycles. The lowest BCUT2D eigenvalue weighted by Gasteiger charge is -2.33. The van der Waals surface area contributed by atoms with Crippen LogP contribution in [0.4, 0.5) is 8.78 Å². The van der Waals surface area contributed by atoms with Crippen molar-refractivity contribution < 1.29 is 18.4 Å². The molecule has 3 rings (SSSR count). The summed E-state index contributed by atoms with van der Waals surface area (Å²) >= 11 is 0. The molecule has 1 unspecified atom stereocenters. The lowest BCUT2D eigenvalue weighted by Crippen LogP contribution is -2.54. The fourth-order valence-electron chi connectivity index (χ4n) is 4.09. The largest absolute Gasteiger partial charge is 0.348 e. The molecule has 1 aliphatic heterocycles. The SMILES string of the molecule is CC(C)C(=O)NC1CN(Cc2cc(F)cc(F)c2)CC2(CCCC2)NC1=O. The van der Waals surface area contributed by atoms with Gasteiger partial charge in [0.1, 0.15) is 17.7 Å². The molecule has 2 N–H and O–H groups in total. The van der Waals surface area contributed by atoms with Crippen LogP contribution < -0.4 is 10.6 Å². The lowest BCUT2D eigenvalue weighted by atomic mass is 9.97. The van der Waals surface area contributed by atoms with E-state index in [-0.39, 0.29) is 23.3 Å². The number of nitrogens with one attached hydrogen (secondary N) is 2. The van der Waals surface area contributed by atoms with Crippen LogP contribution in [0.15, 0.2) is 18.2 Å². The van der Waals surface area contributed by atoms with Crippen LogP contribution in [0.25, 0.3) is 0 Å². The molecule has 27 heavy (non-hydrogen) atoms. The first-order valence-electron chi connectivity index (χ1n) is 9.56. The summed E-state index contributed by atoms with van der Waals surface area (Å²) in [5.41, 5.74) is 0.184. The van der Waals surface area contributed by atoms with Crippen LogP contribution in [-0.4, -0.2) is 41.4 Å². The van der Waals surface area contributed by atoms with Crippen LogP contribution in [0.2, 0.25) is 0 Å². The molecule has 7 heteroatoms. The molecule has 2 amide bonds. The summed E-state index contributed by atoms with van der Waals surface area (Å²) in [6.45, 7) is 4.78. The number of rotatable bonds is 4. The number of carbonyl (C=O) groups is 2. The first-order valence-corrected chi connectivity index (χ1v) is 9.56. The van der Waals surface area contributed by atoms with Gasteiger partial charge in [0.2, 0.25) is 11.8 Å². The van der Waals surface area contributed by atoms with Gasteiger partial charge in [-0.3, -0.25) is 14.5 Å². The minimum Gasteiger partial charge on any atom is -0.348 e. The van der Waals surface area contributed by atoms with Crippen molar-refractivity contribution in [2.75, 3.05) is 13.1 Å². The number of hydrogen-bond acceptors (Lipinski definition) is 3. The van der Waals surface area contributed by atoms with Crippen molar-refractivity contribution >= 4 is 11.8 Å². The first-order chi connectivity index (χ1) is 12.8. The molecular formula is C20H27F2N3O2. The molecule has 1 saturated carbocycles. The third-order valence-electron chi connectivity index (χ3n) is 5.40. The number of nitrogens with zero attached hydrogens (tertiary/aromatic N) is 1. The molecule has 0 bridgehead atoms. The summed E-state index contributed by atoms with van der Waals surface area (Å²) in [6.07, 6.45) is 3.81. The summed E-state index contributed by atoms with van der Waals surface area (Å²) < 4.78 is 27.1. The monoisotopic (exact) mass is 379 g/mol. The molecule has 0 radical (unpaired) electrons. The van der Waals surface area contributed by atoms with Crippen molar-refractivity contribution in [3.63, 3.8) is 0 Å². The molecular weight excluding hydrogens is 352 g/mol. The Morgan fingerprint density at radius 1 is 1.26 bits per heavy atom. The van der Waals surface area contributed by atoms with Crippen LogP contribution >= 0.6 is 0 Å². The van der Waals surface area contributed by atoms with Gasteiger partial charge in [-0.2, -0.15) is 0 Å². The third-order valence-corrected chi connectivity index (χ3v) is 5.40. The number of halogens is 2. The molecule has 1 spiro atoms. The third kappa shape index (κ3) is 4.83. The smallest absolute Gasteiger partial charge is 0.244 e. The van der Waals surface area contributed by atoms with Gasteiger partial charge in [0.15, 0.2) is 0 Å². The molecule has 1 saturated heterocycles. The molecule has 2 aliphatic rings. The maximum absolute atomic E-state index is 13.6. The average Bonchev–Trinajstić information content (AvgIpc) is 2.95. The van der Waals surface area contributed by atoms with E-state index in [9.17, 15) is 18.4 Å². The Morgan fingerprint density at radius 3 is 2.48 bits per heavy atom. The van der Waals surface area contributed by atoms with E-state index in [2.05, 4.69) is 10.6 Å². The minimum absolute atomic E-state index is 0.182. The maximum Gasteiger partial charge on any atom is 0.244 e. The highest BCUT2D eigenvalue weighted by Crippen LogP contribution is 2.32. The van der Waals surface area contributed by atoms with Crippen molar-refractivity contribution in [1.29, 1.82) is 0 Å². The second-order valence-electron chi connectivity index (χ2n) is 8.14. The van der Waals surface area contributed by atoms with E-state index in [4.69, 9.17) is 0 Å². The van der Waals surface area contributed by atoms with Gasteiger partial charge >= 0.3 is 0 Å². The number of carbonyl (C=O) groups excluding carboxylic acids is 2. The number of amides is 2. The Kier molecular flexibility index (Phi) is 5.79. The van der Waals surface area contributed by atoms with Crippen molar-refractivity contribution in [3.8, 4) is 0 Å². The normalized spacial score (nSPS) is 22.7. The van der Waals surface area contributed by atoms with Crippen molar-refractivity contribution in [2.24, 2.45) is 5.92 Å². The van der Waals surface area contributed by atoms with E-state index in [0.29, 0.717) is 25.2 Å². The van der Waals surface area contributed by atoms with E-state index in [0.717, 1.165) is 31.7 Å². The highest BCUT2D eigenvalue weighted by molar-refractivity contribution is 5.89. The molecule has 1 aromatic carbocycles. The maximum atomic E-state index is 13.6. The minimum atomic E-state index is -0.682. The predicted octanol–water partition coefficient (Wildman–Crippen LogP) is 2.35. The van der Waals surface area contributed by atoms with Crippen LogP contribution in [0.5, 0.6) is 0 Å². The summed E-state index contributed by atoms with van der Waals surface area (Å²) in [5.74, 6) is -1.83. The summed E-state index contributed by atoms with van der Waals surface area (Å²) in [4.78, 5) is 26.9. The molecule has 1 aromatic rings. The van der Waals surface area contributed by atoms with E-state index >= 15 is 0 Å². The van der Waals surface area contributed by atoms with Gasteiger partial charge in [0.05, 0.1) is 5.54 Å². The zero-order chi connectivity index (χ0) is 19.6. The quantitative estimate of drug-likeness (QED) is 0.844. The highest BCUT2D eigenvalue weighted by Gasteiger charge is 2.42. The van der Waals surface area contributed by atoms with Crippen molar-refractivity contribution in [1.82, 2.24) is 15.5 Å². The average molecular weight is 379 g/mol. The topological polar surface area (TPSA) is 61.4 Å².